The average Bonchev–Trinajstić information content (AvgIpc) is 2.37. The third-order valence-corrected chi connectivity index (χ3v) is 2.93. The van der Waals surface area contributed by atoms with Gasteiger partial charge in [0.15, 0.2) is 12.4 Å². The molecular formula is C16H18BrNO2. The summed E-state index contributed by atoms with van der Waals surface area (Å²) >= 11 is 0. The Balaban J connectivity index is 0.00000200. The Morgan fingerprint density at radius 2 is 1.65 bits per heavy atom. The van der Waals surface area contributed by atoms with E-state index in [-0.39, 0.29) is 22.8 Å². The van der Waals surface area contributed by atoms with Crippen LogP contribution in [0.25, 0.3) is 0 Å². The summed E-state index contributed by atoms with van der Waals surface area (Å²) in [6, 6.07) is 9.29. The summed E-state index contributed by atoms with van der Waals surface area (Å²) < 4.78 is 7.01. The topological polar surface area (TPSA) is 30.2 Å². The van der Waals surface area contributed by atoms with Crippen LogP contribution in [0.1, 0.15) is 21.5 Å². The Hall–Kier alpha value is -1.68. The summed E-state index contributed by atoms with van der Waals surface area (Å²) in [5, 5.41) is 0. The van der Waals surface area contributed by atoms with Crippen molar-refractivity contribution in [3.8, 4) is 5.75 Å². The molecule has 20 heavy (non-hydrogen) atoms. The second-order valence-corrected chi connectivity index (χ2v) is 4.71. The Morgan fingerprint density at radius 1 is 1.10 bits per heavy atom. The number of benzene rings is 1. The van der Waals surface area contributed by atoms with Gasteiger partial charge in [0.05, 0.1) is 7.11 Å². The van der Waals surface area contributed by atoms with Gasteiger partial charge in [0.25, 0.3) is 0 Å². The lowest BCUT2D eigenvalue weighted by atomic mass is 10.1. The zero-order valence-corrected chi connectivity index (χ0v) is 13.5. The van der Waals surface area contributed by atoms with Gasteiger partial charge in [0, 0.05) is 16.7 Å². The molecule has 0 saturated heterocycles. The number of methoxy groups -OCH3 is 1. The predicted octanol–water partition coefficient (Wildman–Crippen LogP) is -0.514. The molecule has 4 heteroatoms. The highest BCUT2D eigenvalue weighted by Gasteiger charge is 2.12. The van der Waals surface area contributed by atoms with Crippen molar-refractivity contribution < 1.29 is 31.1 Å². The first kappa shape index (κ1) is 16.4. The molecular weight excluding hydrogens is 318 g/mol. The summed E-state index contributed by atoms with van der Waals surface area (Å²) in [5.41, 5.74) is 3.01. The second kappa shape index (κ2) is 7.20. The predicted molar refractivity (Wildman–Crippen MR) is 73.4 cm³/mol. The Bertz CT molecular complexity index is 574. The Morgan fingerprint density at radius 3 is 2.15 bits per heavy atom. The number of carbonyl (C=O) groups is 1. The van der Waals surface area contributed by atoms with Crippen molar-refractivity contribution in [2.75, 3.05) is 7.11 Å². The molecule has 0 aliphatic carbocycles. The number of aromatic nitrogens is 1. The summed E-state index contributed by atoms with van der Waals surface area (Å²) in [7, 11) is 1.61. The van der Waals surface area contributed by atoms with Crippen LogP contribution in [0.5, 0.6) is 5.75 Å². The fourth-order valence-electron chi connectivity index (χ4n) is 2.12. The fourth-order valence-corrected chi connectivity index (χ4v) is 2.12. The van der Waals surface area contributed by atoms with Crippen LogP contribution in [0.3, 0.4) is 0 Å². The van der Waals surface area contributed by atoms with Crippen molar-refractivity contribution in [1.29, 1.82) is 0 Å². The smallest absolute Gasteiger partial charge is 0.227 e. The number of carbonyl (C=O) groups excluding carboxylic acids is 1. The Labute approximate surface area is 130 Å². The van der Waals surface area contributed by atoms with E-state index in [0.717, 1.165) is 16.9 Å². The van der Waals surface area contributed by atoms with E-state index in [1.54, 1.807) is 31.4 Å². The zero-order valence-electron chi connectivity index (χ0n) is 11.9. The number of hydrogen-bond donors (Lipinski definition) is 0. The molecule has 0 N–H and O–H groups in total. The first-order chi connectivity index (χ1) is 9.08. The number of aryl methyl sites for hydroxylation is 2. The number of nitrogens with zero attached hydrogens (tertiary/aromatic N) is 1. The highest BCUT2D eigenvalue weighted by Crippen LogP contribution is 2.11. The van der Waals surface area contributed by atoms with E-state index in [2.05, 4.69) is 6.07 Å². The van der Waals surface area contributed by atoms with Gasteiger partial charge in [-0.15, -0.1) is 0 Å². The minimum absolute atomic E-state index is 0. The summed E-state index contributed by atoms with van der Waals surface area (Å²) in [6.45, 7) is 4.41. The van der Waals surface area contributed by atoms with Crippen molar-refractivity contribution in [1.82, 2.24) is 0 Å². The van der Waals surface area contributed by atoms with Crippen molar-refractivity contribution in [2.45, 2.75) is 20.4 Å². The van der Waals surface area contributed by atoms with Gasteiger partial charge in [-0.1, -0.05) is 0 Å². The van der Waals surface area contributed by atoms with Gasteiger partial charge in [-0.2, -0.15) is 4.57 Å². The first-order valence-electron chi connectivity index (χ1n) is 6.23. The Kier molecular flexibility index (Phi) is 5.89. The quantitative estimate of drug-likeness (QED) is 0.556. The molecule has 0 aliphatic rings. The third kappa shape index (κ3) is 4.17. The van der Waals surface area contributed by atoms with E-state index < -0.39 is 0 Å². The van der Waals surface area contributed by atoms with Gasteiger partial charge >= 0.3 is 0 Å². The van der Waals surface area contributed by atoms with Gasteiger partial charge in [0.1, 0.15) is 5.75 Å². The van der Waals surface area contributed by atoms with Crippen molar-refractivity contribution in [2.24, 2.45) is 0 Å². The second-order valence-electron chi connectivity index (χ2n) is 4.71. The molecule has 3 nitrogen and oxygen atoms in total. The van der Waals surface area contributed by atoms with E-state index in [1.165, 1.54) is 0 Å². The maximum absolute atomic E-state index is 12.2. The van der Waals surface area contributed by atoms with Crippen LogP contribution in [-0.2, 0) is 6.54 Å². The molecule has 0 amide bonds. The van der Waals surface area contributed by atoms with Crippen LogP contribution in [0.4, 0.5) is 0 Å². The molecule has 1 aromatic heterocycles. The molecule has 0 spiro atoms. The largest absolute Gasteiger partial charge is 1.00 e. The molecule has 1 aromatic carbocycles. The molecule has 1 heterocycles. The number of hydrogen-bond acceptors (Lipinski definition) is 2. The van der Waals surface area contributed by atoms with Crippen LogP contribution < -0.4 is 26.3 Å². The maximum Gasteiger partial charge on any atom is 0.227 e. The van der Waals surface area contributed by atoms with E-state index in [0.29, 0.717) is 12.1 Å². The van der Waals surface area contributed by atoms with Gasteiger partial charge in [-0.05, 0) is 44.2 Å². The molecule has 0 radical (unpaired) electrons. The van der Waals surface area contributed by atoms with E-state index >= 15 is 0 Å². The number of ether oxygens (including phenoxy) is 1. The lowest BCUT2D eigenvalue weighted by Crippen LogP contribution is -3.00. The monoisotopic (exact) mass is 335 g/mol. The SMILES string of the molecule is COc1ccc(C(=O)C[n+]2cc(C)cc(C)c2)cc1.[Br-]. The zero-order chi connectivity index (χ0) is 13.8. The third-order valence-electron chi connectivity index (χ3n) is 2.93. The van der Waals surface area contributed by atoms with Gasteiger partial charge in [-0.3, -0.25) is 4.79 Å². The van der Waals surface area contributed by atoms with E-state index in [4.69, 9.17) is 4.74 Å². The van der Waals surface area contributed by atoms with Crippen LogP contribution in [-0.4, -0.2) is 12.9 Å². The molecule has 2 rings (SSSR count). The molecule has 106 valence electrons. The number of ketones is 1. The van der Waals surface area contributed by atoms with Crippen molar-refractivity contribution >= 4 is 5.78 Å². The van der Waals surface area contributed by atoms with Crippen molar-refractivity contribution in [3.63, 3.8) is 0 Å². The van der Waals surface area contributed by atoms with E-state index in [9.17, 15) is 4.79 Å². The number of Topliss-reactive ketones (excluding diaryl/α,β-unsaturated/α-hetero) is 1. The number of rotatable bonds is 4. The molecule has 0 fully saturated rings. The minimum atomic E-state index is 0. The van der Waals surface area contributed by atoms with Gasteiger partial charge in [0.2, 0.25) is 12.3 Å². The van der Waals surface area contributed by atoms with Crippen LogP contribution in [0.2, 0.25) is 0 Å². The molecule has 2 aromatic rings. The highest BCUT2D eigenvalue weighted by molar-refractivity contribution is 5.95. The van der Waals surface area contributed by atoms with Gasteiger partial charge in [-0.25, -0.2) is 0 Å². The fraction of sp³-hybridized carbons (Fsp3) is 0.250. The minimum Gasteiger partial charge on any atom is -1.00 e. The number of pyridine rings is 1. The molecule has 0 bridgehead atoms. The maximum atomic E-state index is 12.2. The normalized spacial score (nSPS) is 9.75. The van der Waals surface area contributed by atoms with Crippen LogP contribution in [0.15, 0.2) is 42.7 Å². The summed E-state index contributed by atoms with van der Waals surface area (Å²) in [5.74, 6) is 0.855. The van der Waals surface area contributed by atoms with Crippen molar-refractivity contribution in [3.05, 3.63) is 59.4 Å². The standard InChI is InChI=1S/C16H18NO2.BrH/c1-12-8-13(2)10-17(9-12)11-16(18)14-4-6-15(19-3)7-5-14;/h4-10H,11H2,1-3H3;1H/q+1;/p-1. The van der Waals surface area contributed by atoms with Crippen LogP contribution >= 0.6 is 0 Å². The molecule has 0 atom stereocenters. The summed E-state index contributed by atoms with van der Waals surface area (Å²) in [4.78, 5) is 12.2. The van der Waals surface area contributed by atoms with Gasteiger partial charge < -0.3 is 21.7 Å². The molecule has 0 saturated carbocycles. The lowest BCUT2D eigenvalue weighted by molar-refractivity contribution is -0.683. The highest BCUT2D eigenvalue weighted by atomic mass is 79.9. The van der Waals surface area contributed by atoms with E-state index in [1.807, 2.05) is 30.8 Å². The number of halogens is 1. The average molecular weight is 336 g/mol. The first-order valence-corrected chi connectivity index (χ1v) is 6.23. The lowest BCUT2D eigenvalue weighted by Gasteiger charge is -2.02. The molecule has 0 aliphatic heterocycles. The van der Waals surface area contributed by atoms with Crippen LogP contribution in [0, 0.1) is 13.8 Å². The molecule has 0 unspecified atom stereocenters. The summed E-state index contributed by atoms with van der Waals surface area (Å²) in [6.07, 6.45) is 3.96.